The Morgan fingerprint density at radius 3 is 2.38 bits per heavy atom. The van der Waals surface area contributed by atoms with Crippen molar-refractivity contribution < 1.29 is 18.6 Å². The number of hydrogen-bond acceptors (Lipinski definition) is 5. The van der Waals surface area contributed by atoms with E-state index in [2.05, 4.69) is 5.10 Å². The molecule has 1 aliphatic carbocycles. The molecule has 0 aliphatic heterocycles. The molecule has 1 aliphatic rings. The minimum Gasteiger partial charge on any atom is -0.395 e. The second-order valence-corrected chi connectivity index (χ2v) is 7.25. The normalized spacial score (nSPS) is 17.0. The van der Waals surface area contributed by atoms with Gasteiger partial charge >= 0.3 is 0 Å². The molecule has 2 rings (SSSR count). The molecule has 1 heterocycles. The van der Waals surface area contributed by atoms with Crippen LogP contribution in [0.3, 0.4) is 0 Å². The summed E-state index contributed by atoms with van der Waals surface area (Å²) in [5, 5.41) is 22.4. The first-order chi connectivity index (χ1) is 10.0. The minimum absolute atomic E-state index is 0.0308. The zero-order valence-corrected chi connectivity index (χ0v) is 13.1. The summed E-state index contributed by atoms with van der Waals surface area (Å²) in [6.07, 6.45) is 5.93. The highest BCUT2D eigenvalue weighted by Crippen LogP contribution is 2.30. The molecular formula is C13H23N3O4S. The average molecular weight is 317 g/mol. The van der Waals surface area contributed by atoms with E-state index in [1.807, 2.05) is 0 Å². The van der Waals surface area contributed by atoms with Crippen molar-refractivity contribution in [3.63, 3.8) is 0 Å². The third-order valence-electron chi connectivity index (χ3n) is 3.89. The van der Waals surface area contributed by atoms with Crippen molar-refractivity contribution in [1.82, 2.24) is 14.1 Å². The largest absolute Gasteiger partial charge is 0.395 e. The molecule has 1 aromatic rings. The van der Waals surface area contributed by atoms with Crippen LogP contribution in [0.1, 0.15) is 37.4 Å². The third-order valence-corrected chi connectivity index (χ3v) is 5.89. The summed E-state index contributed by atoms with van der Waals surface area (Å²) < 4.78 is 28.1. The summed E-state index contributed by atoms with van der Waals surface area (Å²) in [5.41, 5.74) is 0.461. The lowest BCUT2D eigenvalue weighted by molar-refractivity contribution is 0.217. The van der Waals surface area contributed by atoms with Crippen LogP contribution in [0.25, 0.3) is 0 Å². The molecular weight excluding hydrogens is 294 g/mol. The second-order valence-electron chi connectivity index (χ2n) is 5.35. The molecule has 2 N–H and O–H groups in total. The molecule has 0 amide bonds. The van der Waals surface area contributed by atoms with E-state index in [9.17, 15) is 8.42 Å². The van der Waals surface area contributed by atoms with Crippen molar-refractivity contribution in [2.45, 2.75) is 43.5 Å². The Balaban J connectivity index is 2.30. The number of aryl methyl sites for hydroxylation is 1. The Labute approximate surface area is 125 Å². The van der Waals surface area contributed by atoms with Crippen LogP contribution < -0.4 is 0 Å². The van der Waals surface area contributed by atoms with Crippen LogP contribution in [-0.2, 0) is 10.0 Å². The fraction of sp³-hybridized carbons (Fsp3) is 0.769. The summed E-state index contributed by atoms with van der Waals surface area (Å²) >= 11 is 0. The van der Waals surface area contributed by atoms with Crippen LogP contribution in [0.15, 0.2) is 11.1 Å². The lowest BCUT2D eigenvalue weighted by Gasteiger charge is -2.19. The summed E-state index contributed by atoms with van der Waals surface area (Å²) in [7, 11) is -3.73. The highest BCUT2D eigenvalue weighted by Gasteiger charge is 2.29. The van der Waals surface area contributed by atoms with Crippen LogP contribution in [0.5, 0.6) is 0 Å². The first-order valence-corrected chi connectivity index (χ1v) is 8.72. The van der Waals surface area contributed by atoms with Crippen molar-refractivity contribution in [3.8, 4) is 0 Å². The van der Waals surface area contributed by atoms with Crippen LogP contribution in [-0.4, -0.2) is 59.0 Å². The number of rotatable bonds is 7. The van der Waals surface area contributed by atoms with Gasteiger partial charge in [0.25, 0.3) is 0 Å². The van der Waals surface area contributed by atoms with Gasteiger partial charge in [-0.2, -0.15) is 9.40 Å². The number of aliphatic hydroxyl groups is 2. The van der Waals surface area contributed by atoms with E-state index < -0.39 is 10.0 Å². The number of sulfonamides is 1. The maximum atomic E-state index is 12.6. The van der Waals surface area contributed by atoms with Gasteiger partial charge in [-0.15, -0.1) is 0 Å². The second kappa shape index (κ2) is 6.87. The molecule has 0 spiro atoms. The topological polar surface area (TPSA) is 95.7 Å². The predicted octanol–water partition coefficient (Wildman–Crippen LogP) is 0.282. The molecule has 21 heavy (non-hydrogen) atoms. The molecule has 0 bridgehead atoms. The van der Waals surface area contributed by atoms with Gasteiger partial charge in [0.15, 0.2) is 0 Å². The Kier molecular flexibility index (Phi) is 5.37. The van der Waals surface area contributed by atoms with E-state index in [4.69, 9.17) is 10.2 Å². The number of aromatic nitrogens is 2. The Morgan fingerprint density at radius 1 is 1.29 bits per heavy atom. The predicted molar refractivity (Wildman–Crippen MR) is 77.4 cm³/mol. The number of nitrogens with zero attached hydrogens (tertiary/aromatic N) is 3. The Hall–Kier alpha value is -0.960. The van der Waals surface area contributed by atoms with Crippen LogP contribution >= 0.6 is 0 Å². The third kappa shape index (κ3) is 3.45. The van der Waals surface area contributed by atoms with Crippen molar-refractivity contribution >= 4 is 10.0 Å². The standard InChI is InChI=1S/C13H23N3O4S/c1-11-13(10-16(14-11)12-4-2-3-5-12)21(19,20)15(6-8-17)7-9-18/h10,12,17-18H,2-9H2,1H3. The molecule has 120 valence electrons. The SMILES string of the molecule is Cc1nn(C2CCCC2)cc1S(=O)(=O)N(CCO)CCO. The van der Waals surface area contributed by atoms with E-state index in [0.29, 0.717) is 5.69 Å². The number of hydrogen-bond donors (Lipinski definition) is 2. The average Bonchev–Trinajstić information content (AvgIpc) is 3.07. The molecule has 0 atom stereocenters. The first-order valence-electron chi connectivity index (χ1n) is 7.28. The lowest BCUT2D eigenvalue weighted by Crippen LogP contribution is -2.36. The van der Waals surface area contributed by atoms with Gasteiger partial charge in [0.2, 0.25) is 10.0 Å². The van der Waals surface area contributed by atoms with Crippen LogP contribution in [0, 0.1) is 6.92 Å². The smallest absolute Gasteiger partial charge is 0.246 e. The van der Waals surface area contributed by atoms with Crippen molar-refractivity contribution in [2.75, 3.05) is 26.3 Å². The van der Waals surface area contributed by atoms with E-state index in [0.717, 1.165) is 30.0 Å². The molecule has 1 aromatic heterocycles. The van der Waals surface area contributed by atoms with Crippen molar-refractivity contribution in [3.05, 3.63) is 11.9 Å². The Morgan fingerprint density at radius 2 is 1.86 bits per heavy atom. The highest BCUT2D eigenvalue weighted by molar-refractivity contribution is 7.89. The zero-order chi connectivity index (χ0) is 15.5. The van der Waals surface area contributed by atoms with Gasteiger partial charge in [-0.25, -0.2) is 8.42 Å². The monoisotopic (exact) mass is 317 g/mol. The molecule has 0 radical (unpaired) electrons. The van der Waals surface area contributed by atoms with Crippen molar-refractivity contribution in [1.29, 1.82) is 0 Å². The zero-order valence-electron chi connectivity index (χ0n) is 12.3. The van der Waals surface area contributed by atoms with Gasteiger partial charge in [0.05, 0.1) is 24.9 Å². The maximum absolute atomic E-state index is 12.6. The fourth-order valence-electron chi connectivity index (χ4n) is 2.79. The summed E-state index contributed by atoms with van der Waals surface area (Å²) in [5.74, 6) is 0. The first kappa shape index (κ1) is 16.4. The quantitative estimate of drug-likeness (QED) is 0.753. The molecule has 7 nitrogen and oxygen atoms in total. The summed E-state index contributed by atoms with van der Waals surface area (Å²) in [6, 6.07) is 0.275. The number of aliphatic hydroxyl groups excluding tert-OH is 2. The minimum atomic E-state index is -3.73. The maximum Gasteiger partial charge on any atom is 0.246 e. The Bertz CT molecular complexity index is 558. The van der Waals surface area contributed by atoms with Gasteiger partial charge in [0.1, 0.15) is 4.90 Å². The summed E-state index contributed by atoms with van der Waals surface area (Å²) in [4.78, 5) is 0.163. The van der Waals surface area contributed by atoms with Crippen LogP contribution in [0.2, 0.25) is 0 Å². The molecule has 0 saturated heterocycles. The van der Waals surface area contributed by atoms with Gasteiger partial charge in [-0.1, -0.05) is 12.8 Å². The van der Waals surface area contributed by atoms with Crippen LogP contribution in [0.4, 0.5) is 0 Å². The molecule has 1 fully saturated rings. The van der Waals surface area contributed by atoms with Gasteiger partial charge < -0.3 is 10.2 Å². The van der Waals surface area contributed by atoms with Crippen molar-refractivity contribution in [2.24, 2.45) is 0 Å². The van der Waals surface area contributed by atoms with Gasteiger partial charge in [0, 0.05) is 19.3 Å². The van der Waals surface area contributed by atoms with E-state index in [-0.39, 0.29) is 37.2 Å². The molecule has 0 aromatic carbocycles. The van der Waals surface area contributed by atoms with E-state index >= 15 is 0 Å². The van der Waals surface area contributed by atoms with Gasteiger partial charge in [-0.3, -0.25) is 4.68 Å². The fourth-order valence-corrected chi connectivity index (χ4v) is 4.37. The van der Waals surface area contributed by atoms with Gasteiger partial charge in [-0.05, 0) is 19.8 Å². The molecule has 0 unspecified atom stereocenters. The lowest BCUT2D eigenvalue weighted by atomic mass is 10.3. The summed E-state index contributed by atoms with van der Waals surface area (Å²) in [6.45, 7) is 1.05. The molecule has 1 saturated carbocycles. The van der Waals surface area contributed by atoms with E-state index in [1.54, 1.807) is 17.8 Å². The highest BCUT2D eigenvalue weighted by atomic mass is 32.2. The molecule has 8 heteroatoms. The van der Waals surface area contributed by atoms with E-state index in [1.165, 1.54) is 0 Å².